The zero-order valence-electron chi connectivity index (χ0n) is 12.7. The molecule has 0 aliphatic rings. The molecular formula is C14H25N3OS. The highest BCUT2D eigenvalue weighted by Crippen LogP contribution is 2.21. The quantitative estimate of drug-likeness (QED) is 0.871. The molecule has 0 aromatic carbocycles. The molecular weight excluding hydrogens is 258 g/mol. The van der Waals surface area contributed by atoms with E-state index in [1.54, 1.807) is 0 Å². The zero-order valence-corrected chi connectivity index (χ0v) is 13.5. The van der Waals surface area contributed by atoms with Crippen LogP contribution in [0.1, 0.15) is 62.8 Å². The second-order valence-electron chi connectivity index (χ2n) is 6.00. The molecule has 0 fully saturated rings. The van der Waals surface area contributed by atoms with Crippen molar-refractivity contribution in [2.75, 3.05) is 6.54 Å². The van der Waals surface area contributed by atoms with Crippen LogP contribution in [0.5, 0.6) is 0 Å². The summed E-state index contributed by atoms with van der Waals surface area (Å²) < 4.78 is 3.89. The zero-order chi connectivity index (χ0) is 14.6. The minimum Gasteiger partial charge on any atom is -0.351 e. The average Bonchev–Trinajstić information content (AvgIpc) is 2.76. The molecule has 1 aromatic rings. The normalized spacial score (nSPS) is 11.9. The van der Waals surface area contributed by atoms with Gasteiger partial charge in [-0.15, -0.1) is 5.10 Å². The maximum atomic E-state index is 12.2. The van der Waals surface area contributed by atoms with E-state index in [1.807, 2.05) is 13.8 Å². The predicted octanol–water partition coefficient (Wildman–Crippen LogP) is 3.32. The van der Waals surface area contributed by atoms with E-state index in [1.165, 1.54) is 11.5 Å². The Labute approximate surface area is 120 Å². The Kier molecular flexibility index (Phi) is 5.91. The lowest BCUT2D eigenvalue weighted by atomic mass is 9.85. The van der Waals surface area contributed by atoms with Gasteiger partial charge in [-0.05, 0) is 35.2 Å². The van der Waals surface area contributed by atoms with Crippen molar-refractivity contribution in [3.05, 3.63) is 10.6 Å². The first-order valence-corrected chi connectivity index (χ1v) is 7.72. The van der Waals surface area contributed by atoms with Gasteiger partial charge in [-0.3, -0.25) is 4.79 Å². The van der Waals surface area contributed by atoms with Gasteiger partial charge in [0.05, 0.1) is 5.69 Å². The van der Waals surface area contributed by atoms with Crippen molar-refractivity contribution >= 4 is 17.4 Å². The minimum absolute atomic E-state index is 0.0370. The highest BCUT2D eigenvalue weighted by molar-refractivity contribution is 7.08. The summed E-state index contributed by atoms with van der Waals surface area (Å²) in [6, 6.07) is 0. The molecule has 0 saturated carbocycles. The van der Waals surface area contributed by atoms with Gasteiger partial charge in [-0.2, -0.15) is 0 Å². The van der Waals surface area contributed by atoms with Crippen LogP contribution in [0, 0.1) is 17.8 Å². The summed E-state index contributed by atoms with van der Waals surface area (Å²) in [6.45, 7) is 13.6. The fourth-order valence-corrected chi connectivity index (χ4v) is 3.00. The van der Waals surface area contributed by atoms with Crippen LogP contribution < -0.4 is 5.32 Å². The molecule has 19 heavy (non-hydrogen) atoms. The van der Waals surface area contributed by atoms with Crippen LogP contribution in [0.4, 0.5) is 0 Å². The summed E-state index contributed by atoms with van der Waals surface area (Å²) in [5.74, 6) is 1.80. The van der Waals surface area contributed by atoms with E-state index < -0.39 is 0 Å². The Balaban J connectivity index is 2.67. The van der Waals surface area contributed by atoms with Gasteiger partial charge in [-0.1, -0.05) is 46.0 Å². The topological polar surface area (TPSA) is 54.9 Å². The highest BCUT2D eigenvalue weighted by Gasteiger charge is 2.22. The first-order valence-electron chi connectivity index (χ1n) is 6.95. The van der Waals surface area contributed by atoms with E-state index in [0.717, 1.165) is 5.69 Å². The third-order valence-electron chi connectivity index (χ3n) is 3.48. The molecule has 1 N–H and O–H groups in total. The van der Waals surface area contributed by atoms with Crippen LogP contribution in [0.2, 0.25) is 0 Å². The summed E-state index contributed by atoms with van der Waals surface area (Å²) in [6.07, 6.45) is 0. The minimum atomic E-state index is -0.0370. The predicted molar refractivity (Wildman–Crippen MR) is 79.5 cm³/mol. The standard InChI is InChI=1S/C14H25N3OS/c1-8(2)11(9(3)4)7-15-14(18)13-12(10(5)6)16-17-19-13/h8-11H,7H2,1-6H3,(H,15,18). The molecule has 1 aromatic heterocycles. The SMILES string of the molecule is CC(C)c1nnsc1C(=O)NCC(C(C)C)C(C)C. The van der Waals surface area contributed by atoms with Crippen molar-refractivity contribution in [2.45, 2.75) is 47.5 Å². The molecule has 0 spiro atoms. The van der Waals surface area contributed by atoms with Gasteiger partial charge < -0.3 is 5.32 Å². The van der Waals surface area contributed by atoms with Gasteiger partial charge in [-0.25, -0.2) is 0 Å². The average molecular weight is 283 g/mol. The van der Waals surface area contributed by atoms with E-state index in [-0.39, 0.29) is 11.8 Å². The molecule has 0 unspecified atom stereocenters. The van der Waals surface area contributed by atoms with E-state index in [2.05, 4.69) is 42.6 Å². The lowest BCUT2D eigenvalue weighted by Gasteiger charge is -2.24. The van der Waals surface area contributed by atoms with Crippen LogP contribution in [0.25, 0.3) is 0 Å². The summed E-state index contributed by atoms with van der Waals surface area (Å²) in [5, 5.41) is 7.08. The first-order chi connectivity index (χ1) is 8.84. The number of carbonyl (C=O) groups excluding carboxylic acids is 1. The van der Waals surface area contributed by atoms with Crippen LogP contribution >= 0.6 is 11.5 Å². The Morgan fingerprint density at radius 2 is 1.74 bits per heavy atom. The fraction of sp³-hybridized carbons (Fsp3) is 0.786. The van der Waals surface area contributed by atoms with E-state index in [9.17, 15) is 4.79 Å². The van der Waals surface area contributed by atoms with Gasteiger partial charge in [0, 0.05) is 6.54 Å². The summed E-state index contributed by atoms with van der Waals surface area (Å²) in [7, 11) is 0. The number of nitrogens with one attached hydrogen (secondary N) is 1. The Morgan fingerprint density at radius 1 is 1.16 bits per heavy atom. The molecule has 0 atom stereocenters. The third-order valence-corrected chi connectivity index (χ3v) is 4.22. The van der Waals surface area contributed by atoms with Gasteiger partial charge in [0.1, 0.15) is 4.88 Å². The number of carbonyl (C=O) groups is 1. The second-order valence-corrected chi connectivity index (χ2v) is 6.76. The lowest BCUT2D eigenvalue weighted by Crippen LogP contribution is -2.34. The molecule has 4 nitrogen and oxygen atoms in total. The number of nitrogens with zero attached hydrogens (tertiary/aromatic N) is 2. The van der Waals surface area contributed by atoms with Crippen molar-refractivity contribution < 1.29 is 4.79 Å². The van der Waals surface area contributed by atoms with Crippen LogP contribution in [0.3, 0.4) is 0 Å². The molecule has 1 amide bonds. The molecule has 0 radical (unpaired) electrons. The Hall–Kier alpha value is -0.970. The number of hydrogen-bond donors (Lipinski definition) is 1. The highest BCUT2D eigenvalue weighted by atomic mass is 32.1. The molecule has 0 saturated heterocycles. The number of hydrogen-bond acceptors (Lipinski definition) is 4. The summed E-state index contributed by atoms with van der Waals surface area (Å²) >= 11 is 1.18. The molecule has 1 rings (SSSR count). The molecule has 1 heterocycles. The van der Waals surface area contributed by atoms with Crippen LogP contribution in [0.15, 0.2) is 0 Å². The number of aromatic nitrogens is 2. The monoisotopic (exact) mass is 283 g/mol. The lowest BCUT2D eigenvalue weighted by molar-refractivity contribution is 0.0940. The van der Waals surface area contributed by atoms with Crippen molar-refractivity contribution in [2.24, 2.45) is 17.8 Å². The van der Waals surface area contributed by atoms with Crippen molar-refractivity contribution in [1.29, 1.82) is 0 Å². The van der Waals surface area contributed by atoms with E-state index >= 15 is 0 Å². The number of amides is 1. The molecule has 0 aliphatic carbocycles. The third kappa shape index (κ3) is 4.27. The van der Waals surface area contributed by atoms with E-state index in [0.29, 0.717) is 29.2 Å². The maximum absolute atomic E-state index is 12.2. The van der Waals surface area contributed by atoms with Crippen LogP contribution in [-0.4, -0.2) is 22.0 Å². The molecule has 0 aliphatic heterocycles. The molecule has 5 heteroatoms. The summed E-state index contributed by atoms with van der Waals surface area (Å²) in [5.41, 5.74) is 0.799. The first kappa shape index (κ1) is 16.1. The Bertz CT molecular complexity index is 405. The fourth-order valence-electron chi connectivity index (χ4n) is 2.26. The molecule has 0 bridgehead atoms. The van der Waals surface area contributed by atoms with Gasteiger partial charge >= 0.3 is 0 Å². The van der Waals surface area contributed by atoms with E-state index in [4.69, 9.17) is 0 Å². The second kappa shape index (κ2) is 6.98. The summed E-state index contributed by atoms with van der Waals surface area (Å²) in [4.78, 5) is 12.9. The van der Waals surface area contributed by atoms with Gasteiger partial charge in [0.2, 0.25) is 0 Å². The Morgan fingerprint density at radius 3 is 2.21 bits per heavy atom. The van der Waals surface area contributed by atoms with Crippen molar-refractivity contribution in [1.82, 2.24) is 14.9 Å². The smallest absolute Gasteiger partial charge is 0.264 e. The van der Waals surface area contributed by atoms with Gasteiger partial charge in [0.25, 0.3) is 5.91 Å². The molecule has 108 valence electrons. The van der Waals surface area contributed by atoms with Crippen molar-refractivity contribution in [3.8, 4) is 0 Å². The number of rotatable bonds is 6. The van der Waals surface area contributed by atoms with Gasteiger partial charge in [0.15, 0.2) is 0 Å². The largest absolute Gasteiger partial charge is 0.351 e. The maximum Gasteiger partial charge on any atom is 0.264 e. The van der Waals surface area contributed by atoms with Crippen molar-refractivity contribution in [3.63, 3.8) is 0 Å². The van der Waals surface area contributed by atoms with Crippen LogP contribution in [-0.2, 0) is 0 Å².